The summed E-state index contributed by atoms with van der Waals surface area (Å²) in [6.45, 7) is 4.42. The Balaban J connectivity index is 1.72. The molecule has 1 aromatic rings. The van der Waals surface area contributed by atoms with Gasteiger partial charge in [0.2, 0.25) is 11.8 Å². The standard InChI is InChI=1S/C17H22F3N3O3/c1-10-14(11(2)26-21-10)9-23-13-4-3-12(16(23)25)7-22(8-13)15(24)5-6-17(18,19)20/h12-13H,3-9H2,1-2H3/t12-,13+/m0/s1. The molecule has 6 nitrogen and oxygen atoms in total. The van der Waals surface area contributed by atoms with E-state index in [9.17, 15) is 22.8 Å². The number of piperidine rings is 1. The lowest BCUT2D eigenvalue weighted by Crippen LogP contribution is -2.47. The van der Waals surface area contributed by atoms with Gasteiger partial charge in [0.05, 0.1) is 24.6 Å². The molecule has 3 fully saturated rings. The number of carbonyl (C=O) groups is 2. The molecular formula is C17H22F3N3O3. The van der Waals surface area contributed by atoms with Crippen LogP contribution in [-0.4, -0.2) is 52.1 Å². The zero-order valence-electron chi connectivity index (χ0n) is 14.8. The molecule has 0 N–H and O–H groups in total. The molecule has 0 unspecified atom stereocenters. The fraction of sp³-hybridized carbons (Fsp3) is 0.706. The highest BCUT2D eigenvalue weighted by Gasteiger charge is 2.42. The Kier molecular flexibility index (Phi) is 4.98. The highest BCUT2D eigenvalue weighted by Crippen LogP contribution is 2.32. The third-order valence-electron chi connectivity index (χ3n) is 5.28. The summed E-state index contributed by atoms with van der Waals surface area (Å²) >= 11 is 0. The number of hydrogen-bond acceptors (Lipinski definition) is 4. The number of nitrogens with zero attached hydrogens (tertiary/aromatic N) is 3. The zero-order valence-corrected chi connectivity index (χ0v) is 14.8. The van der Waals surface area contributed by atoms with Crippen LogP contribution in [0.5, 0.6) is 0 Å². The Labute approximate surface area is 149 Å². The van der Waals surface area contributed by atoms with Crippen molar-refractivity contribution in [2.24, 2.45) is 5.92 Å². The summed E-state index contributed by atoms with van der Waals surface area (Å²) in [4.78, 5) is 28.2. The zero-order chi connectivity index (χ0) is 19.1. The van der Waals surface area contributed by atoms with E-state index in [-0.39, 0.29) is 31.0 Å². The lowest BCUT2D eigenvalue weighted by molar-refractivity contribution is -0.149. The molecule has 9 heteroatoms. The quantitative estimate of drug-likeness (QED) is 0.814. The van der Waals surface area contributed by atoms with Crippen LogP contribution < -0.4 is 0 Å². The number of fused-ring (bicyclic) bond motifs is 4. The number of alkyl halides is 3. The fourth-order valence-electron chi connectivity index (χ4n) is 3.76. The van der Waals surface area contributed by atoms with Crippen LogP contribution in [-0.2, 0) is 16.1 Å². The number of amides is 2. The first-order valence-electron chi connectivity index (χ1n) is 8.72. The summed E-state index contributed by atoms with van der Waals surface area (Å²) in [6, 6.07) is -0.190. The molecule has 0 radical (unpaired) electrons. The van der Waals surface area contributed by atoms with Crippen LogP contribution in [0.3, 0.4) is 0 Å². The fourth-order valence-corrected chi connectivity index (χ4v) is 3.76. The normalized spacial score (nSPS) is 23.5. The Morgan fingerprint density at radius 3 is 2.62 bits per heavy atom. The third-order valence-corrected chi connectivity index (χ3v) is 5.28. The van der Waals surface area contributed by atoms with Gasteiger partial charge in [0, 0.05) is 31.1 Å². The van der Waals surface area contributed by atoms with Crippen LogP contribution in [0.15, 0.2) is 4.52 Å². The molecule has 3 aliphatic heterocycles. The molecule has 3 aliphatic rings. The molecule has 26 heavy (non-hydrogen) atoms. The van der Waals surface area contributed by atoms with E-state index >= 15 is 0 Å². The van der Waals surface area contributed by atoms with Gasteiger partial charge in [-0.25, -0.2) is 0 Å². The first-order chi connectivity index (χ1) is 12.2. The molecule has 1 aromatic heterocycles. The highest BCUT2D eigenvalue weighted by atomic mass is 19.4. The molecule has 0 aliphatic carbocycles. The van der Waals surface area contributed by atoms with Crippen molar-refractivity contribution in [1.29, 1.82) is 0 Å². The average Bonchev–Trinajstić information content (AvgIpc) is 2.76. The van der Waals surface area contributed by atoms with Crippen LogP contribution >= 0.6 is 0 Å². The predicted octanol–water partition coefficient (Wildman–Crippen LogP) is 2.58. The molecule has 0 spiro atoms. The van der Waals surface area contributed by atoms with Crippen molar-refractivity contribution < 1.29 is 27.3 Å². The van der Waals surface area contributed by atoms with Gasteiger partial charge in [0.1, 0.15) is 5.76 Å². The van der Waals surface area contributed by atoms with E-state index in [1.54, 1.807) is 18.7 Å². The van der Waals surface area contributed by atoms with Gasteiger partial charge in [-0.2, -0.15) is 13.2 Å². The van der Waals surface area contributed by atoms with Gasteiger partial charge >= 0.3 is 6.18 Å². The van der Waals surface area contributed by atoms with Crippen LogP contribution in [0.2, 0.25) is 0 Å². The van der Waals surface area contributed by atoms with Crippen molar-refractivity contribution >= 4 is 11.8 Å². The molecule has 144 valence electrons. The summed E-state index contributed by atoms with van der Waals surface area (Å²) < 4.78 is 42.3. The Hall–Kier alpha value is -2.06. The monoisotopic (exact) mass is 373 g/mol. The predicted molar refractivity (Wildman–Crippen MR) is 84.9 cm³/mol. The number of rotatable bonds is 4. The molecule has 2 amide bonds. The number of aromatic nitrogens is 1. The van der Waals surface area contributed by atoms with E-state index in [4.69, 9.17) is 4.52 Å². The first kappa shape index (κ1) is 18.7. The van der Waals surface area contributed by atoms with Crippen molar-refractivity contribution in [2.75, 3.05) is 13.1 Å². The van der Waals surface area contributed by atoms with Gasteiger partial charge in [0.15, 0.2) is 0 Å². The molecule has 2 bridgehead atoms. The van der Waals surface area contributed by atoms with Gasteiger partial charge in [-0.3, -0.25) is 9.59 Å². The maximum atomic E-state index is 12.8. The van der Waals surface area contributed by atoms with Crippen molar-refractivity contribution in [3.8, 4) is 0 Å². The van der Waals surface area contributed by atoms with Crippen LogP contribution in [0.25, 0.3) is 0 Å². The van der Waals surface area contributed by atoms with E-state index in [1.807, 2.05) is 0 Å². The van der Waals surface area contributed by atoms with Crippen LogP contribution in [0.1, 0.15) is 42.7 Å². The van der Waals surface area contributed by atoms with E-state index in [0.29, 0.717) is 24.4 Å². The number of aryl methyl sites for hydroxylation is 2. The average molecular weight is 373 g/mol. The summed E-state index contributed by atoms with van der Waals surface area (Å²) in [5.41, 5.74) is 1.56. The minimum Gasteiger partial charge on any atom is -0.361 e. The minimum atomic E-state index is -4.36. The maximum absolute atomic E-state index is 12.8. The van der Waals surface area contributed by atoms with E-state index < -0.39 is 24.9 Å². The second-order valence-corrected chi connectivity index (χ2v) is 7.11. The van der Waals surface area contributed by atoms with Crippen molar-refractivity contribution in [3.05, 3.63) is 17.0 Å². The second kappa shape index (κ2) is 6.92. The second-order valence-electron chi connectivity index (χ2n) is 7.11. The SMILES string of the molecule is Cc1noc(C)c1CN1C(=O)[C@H]2CC[C@@H]1CN(C(=O)CCC(F)(F)F)C2. The summed E-state index contributed by atoms with van der Waals surface area (Å²) in [5, 5.41) is 3.90. The van der Waals surface area contributed by atoms with E-state index in [2.05, 4.69) is 5.16 Å². The van der Waals surface area contributed by atoms with Gasteiger partial charge < -0.3 is 14.3 Å². The lowest BCUT2D eigenvalue weighted by Gasteiger charge is -2.35. The van der Waals surface area contributed by atoms with Gasteiger partial charge in [0.25, 0.3) is 0 Å². The summed E-state index contributed by atoms with van der Waals surface area (Å²) in [7, 11) is 0. The van der Waals surface area contributed by atoms with Crippen molar-refractivity contribution in [3.63, 3.8) is 0 Å². The maximum Gasteiger partial charge on any atom is 0.389 e. The smallest absolute Gasteiger partial charge is 0.361 e. The highest BCUT2D eigenvalue weighted by molar-refractivity contribution is 5.83. The van der Waals surface area contributed by atoms with Gasteiger partial charge in [-0.15, -0.1) is 0 Å². The van der Waals surface area contributed by atoms with Crippen LogP contribution in [0.4, 0.5) is 13.2 Å². The molecule has 0 aromatic carbocycles. The lowest BCUT2D eigenvalue weighted by atomic mass is 9.93. The molecule has 4 heterocycles. The summed E-state index contributed by atoms with van der Waals surface area (Å²) in [6.07, 6.45) is -4.66. The number of hydrogen-bond donors (Lipinski definition) is 0. The van der Waals surface area contributed by atoms with Crippen LogP contribution in [0, 0.1) is 19.8 Å². The third kappa shape index (κ3) is 3.86. The number of halogens is 3. The first-order valence-corrected chi connectivity index (χ1v) is 8.72. The molecule has 4 rings (SSSR count). The van der Waals surface area contributed by atoms with Gasteiger partial charge in [-0.1, -0.05) is 5.16 Å². The Morgan fingerprint density at radius 1 is 1.27 bits per heavy atom. The Bertz CT molecular complexity index is 682. The van der Waals surface area contributed by atoms with Gasteiger partial charge in [-0.05, 0) is 26.7 Å². The van der Waals surface area contributed by atoms with E-state index in [0.717, 1.165) is 12.0 Å². The molecule has 0 saturated carbocycles. The topological polar surface area (TPSA) is 66.7 Å². The van der Waals surface area contributed by atoms with E-state index in [1.165, 1.54) is 4.90 Å². The number of carbonyl (C=O) groups excluding carboxylic acids is 2. The minimum absolute atomic E-state index is 0.0487. The van der Waals surface area contributed by atoms with Crippen molar-refractivity contribution in [2.45, 2.75) is 58.3 Å². The molecular weight excluding hydrogens is 351 g/mol. The largest absolute Gasteiger partial charge is 0.389 e. The Morgan fingerprint density at radius 2 is 2.00 bits per heavy atom. The molecule has 2 atom stereocenters. The van der Waals surface area contributed by atoms with Crippen molar-refractivity contribution in [1.82, 2.24) is 15.0 Å². The summed E-state index contributed by atoms with van der Waals surface area (Å²) in [5.74, 6) is -0.295. The molecule has 3 saturated heterocycles.